The Bertz CT molecular complexity index is 2760. The van der Waals surface area contributed by atoms with E-state index in [1.54, 1.807) is 0 Å². The third-order valence-electron chi connectivity index (χ3n) is 11.2. The molecule has 0 saturated heterocycles. The molecule has 0 saturated carbocycles. The van der Waals surface area contributed by atoms with E-state index in [1.165, 1.54) is 44.5 Å². The molecule has 0 radical (unpaired) electrons. The van der Waals surface area contributed by atoms with Gasteiger partial charge in [0.1, 0.15) is 0 Å². The van der Waals surface area contributed by atoms with Gasteiger partial charge in [-0.25, -0.2) is 9.98 Å². The molecule has 0 N–H and O–H groups in total. The lowest BCUT2D eigenvalue weighted by molar-refractivity contribution is 0.769. The number of benzene rings is 8. The highest BCUT2D eigenvalue weighted by Crippen LogP contribution is 2.56. The number of hydrogen-bond donors (Lipinski definition) is 0. The Labute approximate surface area is 328 Å². The fourth-order valence-electron chi connectivity index (χ4n) is 8.62. The van der Waals surface area contributed by atoms with Gasteiger partial charge in [-0.05, 0) is 85.0 Å². The molecule has 2 heteroatoms. The summed E-state index contributed by atoms with van der Waals surface area (Å²) in [6.07, 6.45) is 2.88. The van der Waals surface area contributed by atoms with Gasteiger partial charge in [0, 0.05) is 12.0 Å². The first-order chi connectivity index (χ1) is 27.8. The van der Waals surface area contributed by atoms with Crippen molar-refractivity contribution in [2.24, 2.45) is 9.98 Å². The van der Waals surface area contributed by atoms with Gasteiger partial charge in [-0.2, -0.15) is 0 Å². The van der Waals surface area contributed by atoms with E-state index in [4.69, 9.17) is 9.98 Å². The van der Waals surface area contributed by atoms with Gasteiger partial charge in [0.2, 0.25) is 0 Å². The molecule has 2 aliphatic rings. The summed E-state index contributed by atoms with van der Waals surface area (Å²) in [4.78, 5) is 10.3. The van der Waals surface area contributed by atoms with E-state index in [0.717, 1.165) is 45.1 Å². The Kier molecular flexibility index (Phi) is 8.50. The molecule has 8 aromatic rings. The zero-order valence-corrected chi connectivity index (χ0v) is 30.9. The number of allylic oxidation sites excluding steroid dienone is 1. The summed E-state index contributed by atoms with van der Waals surface area (Å²) >= 11 is 0. The first kappa shape index (κ1) is 33.4. The number of rotatable bonds is 7. The van der Waals surface area contributed by atoms with Crippen LogP contribution in [0.1, 0.15) is 45.4 Å². The molecule has 2 nitrogen and oxygen atoms in total. The van der Waals surface area contributed by atoms with Crippen LogP contribution in [0.3, 0.4) is 0 Å². The predicted molar refractivity (Wildman–Crippen MR) is 233 cm³/mol. The van der Waals surface area contributed by atoms with Crippen LogP contribution in [-0.2, 0) is 5.41 Å². The highest BCUT2D eigenvalue weighted by atomic mass is 14.9. The van der Waals surface area contributed by atoms with E-state index in [0.29, 0.717) is 6.42 Å². The zero-order chi connectivity index (χ0) is 37.3. The Morgan fingerprint density at radius 1 is 0.339 bits per heavy atom. The van der Waals surface area contributed by atoms with Crippen molar-refractivity contribution in [1.29, 1.82) is 0 Å². The van der Waals surface area contributed by atoms with Gasteiger partial charge < -0.3 is 0 Å². The first-order valence-electron chi connectivity index (χ1n) is 19.3. The number of fused-ring (bicyclic) bond motifs is 3. The summed E-state index contributed by atoms with van der Waals surface area (Å²) in [6, 6.07) is 76.4. The minimum absolute atomic E-state index is 0.438. The molecule has 1 heterocycles. The quantitative estimate of drug-likeness (QED) is 0.157. The van der Waals surface area contributed by atoms with Crippen LogP contribution in [0.25, 0.3) is 39.1 Å². The van der Waals surface area contributed by atoms with Crippen molar-refractivity contribution in [3.63, 3.8) is 0 Å². The Balaban J connectivity index is 1.05. The van der Waals surface area contributed by atoms with Gasteiger partial charge >= 0.3 is 0 Å². The number of aliphatic imine (C=N–C) groups is 2. The average Bonchev–Trinajstić information content (AvgIpc) is 3.39. The second kappa shape index (κ2) is 14.2. The van der Waals surface area contributed by atoms with Crippen LogP contribution in [0.5, 0.6) is 0 Å². The molecule has 0 aromatic heterocycles. The van der Waals surface area contributed by atoms with Crippen LogP contribution in [0.4, 0.5) is 0 Å². The second-order valence-electron chi connectivity index (χ2n) is 14.5. The van der Waals surface area contributed by atoms with E-state index < -0.39 is 5.41 Å². The number of hydrogen-bond acceptors (Lipinski definition) is 2. The third kappa shape index (κ3) is 5.84. The van der Waals surface area contributed by atoms with Gasteiger partial charge in [-0.15, -0.1) is 0 Å². The van der Waals surface area contributed by atoms with Crippen molar-refractivity contribution in [2.45, 2.75) is 11.8 Å². The summed E-state index contributed by atoms with van der Waals surface area (Å²) in [5, 5.41) is 0. The van der Waals surface area contributed by atoms with Crippen LogP contribution in [0, 0.1) is 0 Å². The molecular formula is C54H38N2. The maximum absolute atomic E-state index is 5.22. The summed E-state index contributed by atoms with van der Waals surface area (Å²) in [5.41, 5.74) is 17.1. The zero-order valence-electron chi connectivity index (χ0n) is 30.9. The van der Waals surface area contributed by atoms with Crippen LogP contribution in [0.2, 0.25) is 0 Å². The van der Waals surface area contributed by atoms with E-state index in [9.17, 15) is 0 Å². The molecule has 56 heavy (non-hydrogen) atoms. The summed E-state index contributed by atoms with van der Waals surface area (Å²) in [6.45, 7) is 0. The fourth-order valence-corrected chi connectivity index (χ4v) is 8.62. The molecule has 0 atom stereocenters. The van der Waals surface area contributed by atoms with Crippen molar-refractivity contribution >= 4 is 17.2 Å². The van der Waals surface area contributed by atoms with Gasteiger partial charge in [0.15, 0.2) is 5.84 Å². The molecule has 8 aromatic carbocycles. The first-order valence-corrected chi connectivity index (χ1v) is 19.3. The van der Waals surface area contributed by atoms with Gasteiger partial charge in [-0.1, -0.05) is 200 Å². The Morgan fingerprint density at radius 2 is 0.821 bits per heavy atom. The lowest BCUT2D eigenvalue weighted by Gasteiger charge is -2.34. The van der Waals surface area contributed by atoms with Crippen molar-refractivity contribution < 1.29 is 0 Å². The van der Waals surface area contributed by atoms with Crippen LogP contribution in [0.15, 0.2) is 228 Å². The SMILES string of the molecule is C1=C(c2ccccc2)N=C(c2ccccc2)N=C(c2cccc(-c3cccc(-c4ccc5c(c4)C(c4ccccc4)(c4ccccc4)c4ccccc4-5)c3)c2)C1. The van der Waals surface area contributed by atoms with Gasteiger partial charge in [0.25, 0.3) is 0 Å². The molecule has 1 aliphatic carbocycles. The second-order valence-corrected chi connectivity index (χ2v) is 14.5. The highest BCUT2D eigenvalue weighted by Gasteiger charge is 2.46. The van der Waals surface area contributed by atoms with Crippen molar-refractivity contribution in [2.75, 3.05) is 0 Å². The molecule has 10 rings (SSSR count). The summed E-state index contributed by atoms with van der Waals surface area (Å²) in [7, 11) is 0. The third-order valence-corrected chi connectivity index (χ3v) is 11.2. The van der Waals surface area contributed by atoms with Crippen molar-refractivity contribution in [3.05, 3.63) is 257 Å². The summed E-state index contributed by atoms with van der Waals surface area (Å²) in [5.74, 6) is 0.724. The normalized spacial score (nSPS) is 14.1. The van der Waals surface area contributed by atoms with Crippen LogP contribution in [-0.4, -0.2) is 11.5 Å². The molecule has 264 valence electrons. The predicted octanol–water partition coefficient (Wildman–Crippen LogP) is 13.1. The van der Waals surface area contributed by atoms with Crippen LogP contribution < -0.4 is 0 Å². The lowest BCUT2D eigenvalue weighted by atomic mass is 9.67. The smallest absolute Gasteiger partial charge is 0.160 e. The van der Waals surface area contributed by atoms with Gasteiger partial charge in [-0.3, -0.25) is 0 Å². The number of amidine groups is 1. The van der Waals surface area contributed by atoms with E-state index in [-0.39, 0.29) is 0 Å². The van der Waals surface area contributed by atoms with Crippen molar-refractivity contribution in [1.82, 2.24) is 0 Å². The largest absolute Gasteiger partial charge is 0.232 e. The summed E-state index contributed by atoms with van der Waals surface area (Å²) < 4.78 is 0. The minimum atomic E-state index is -0.438. The highest BCUT2D eigenvalue weighted by molar-refractivity contribution is 6.15. The van der Waals surface area contributed by atoms with Crippen LogP contribution >= 0.6 is 0 Å². The number of nitrogens with zero attached hydrogens (tertiary/aromatic N) is 2. The molecule has 0 bridgehead atoms. The standard InChI is InChI=1S/C54H38N2/c1-5-17-38(18-6-1)51-33-34-52(56-53(55-51)39-19-7-2-8-20-39)44-24-16-23-42(36-44)40-21-15-22-41(35-40)43-31-32-48-47-29-13-14-30-49(47)54(50(48)37-43,45-25-9-3-10-26-45)46-27-11-4-12-28-46/h1-33,35-37H,34H2. The maximum Gasteiger partial charge on any atom is 0.160 e. The van der Waals surface area contributed by atoms with Gasteiger partial charge in [0.05, 0.1) is 16.8 Å². The minimum Gasteiger partial charge on any atom is -0.232 e. The fraction of sp³-hybridized carbons (Fsp3) is 0.0370. The molecule has 0 fully saturated rings. The Morgan fingerprint density at radius 3 is 1.46 bits per heavy atom. The van der Waals surface area contributed by atoms with E-state index in [2.05, 4.69) is 194 Å². The monoisotopic (exact) mass is 714 g/mol. The van der Waals surface area contributed by atoms with E-state index >= 15 is 0 Å². The lowest BCUT2D eigenvalue weighted by Crippen LogP contribution is -2.28. The molecule has 1 aliphatic heterocycles. The Hall–Kier alpha value is -7.16. The van der Waals surface area contributed by atoms with E-state index in [1.807, 2.05) is 24.3 Å². The topological polar surface area (TPSA) is 24.7 Å². The molecule has 0 spiro atoms. The maximum atomic E-state index is 5.22. The molecule has 0 unspecified atom stereocenters. The molecular weight excluding hydrogens is 677 g/mol. The van der Waals surface area contributed by atoms with Crippen molar-refractivity contribution in [3.8, 4) is 33.4 Å². The molecule has 0 amide bonds. The average molecular weight is 715 g/mol.